The number of carbonyl (C=O) groups is 1. The number of halogens is 1. The highest BCUT2D eigenvalue weighted by Gasteiger charge is 2.23. The van der Waals surface area contributed by atoms with Gasteiger partial charge in [-0.25, -0.2) is 0 Å². The summed E-state index contributed by atoms with van der Waals surface area (Å²) < 4.78 is 7.63. The minimum Gasteiger partial charge on any atom is -0.490 e. The standard InChI is InChI=1S/C15H17ClN2O2/c1-3-9(2)17-15(19)12-8-10-11(16)4-5-13-14(10)18(12)6-7-20-13/h4-5,8-9H,3,6-7H2,1-2H3,(H,17,19)/t9-/m1/s1. The van der Waals surface area contributed by atoms with Crippen LogP contribution in [-0.4, -0.2) is 23.1 Å². The molecule has 0 fully saturated rings. The zero-order chi connectivity index (χ0) is 14.3. The lowest BCUT2D eigenvalue weighted by molar-refractivity contribution is 0.0928. The number of benzene rings is 1. The molecule has 1 N–H and O–H groups in total. The number of hydrogen-bond donors (Lipinski definition) is 1. The predicted molar refractivity (Wildman–Crippen MR) is 79.7 cm³/mol. The monoisotopic (exact) mass is 292 g/mol. The van der Waals surface area contributed by atoms with E-state index in [0.29, 0.717) is 23.9 Å². The molecule has 106 valence electrons. The van der Waals surface area contributed by atoms with Crippen LogP contribution in [0.3, 0.4) is 0 Å². The molecule has 0 unspecified atom stereocenters. The second-order valence-electron chi connectivity index (χ2n) is 5.12. The molecule has 3 rings (SSSR count). The van der Waals surface area contributed by atoms with Gasteiger partial charge in [0.25, 0.3) is 5.91 Å². The summed E-state index contributed by atoms with van der Waals surface area (Å²) in [5.41, 5.74) is 1.57. The van der Waals surface area contributed by atoms with E-state index in [-0.39, 0.29) is 11.9 Å². The average Bonchev–Trinajstić information content (AvgIpc) is 2.84. The quantitative estimate of drug-likeness (QED) is 0.944. The SMILES string of the molecule is CC[C@@H](C)NC(=O)c1cc2c(Cl)ccc3c2n1CCO3. The predicted octanol–water partition coefficient (Wildman–Crippen LogP) is 3.22. The van der Waals surface area contributed by atoms with Crippen molar-refractivity contribution in [2.24, 2.45) is 0 Å². The molecule has 0 radical (unpaired) electrons. The molecule has 1 aromatic carbocycles. The van der Waals surface area contributed by atoms with Crippen molar-refractivity contribution in [3.8, 4) is 5.75 Å². The van der Waals surface area contributed by atoms with Crippen LogP contribution in [0.1, 0.15) is 30.8 Å². The summed E-state index contributed by atoms with van der Waals surface area (Å²) in [5, 5.41) is 4.52. The van der Waals surface area contributed by atoms with Crippen LogP contribution in [0.15, 0.2) is 18.2 Å². The maximum absolute atomic E-state index is 12.4. The Kier molecular flexibility index (Phi) is 3.34. The number of hydrogen-bond acceptors (Lipinski definition) is 2. The van der Waals surface area contributed by atoms with Crippen molar-refractivity contribution in [1.29, 1.82) is 0 Å². The van der Waals surface area contributed by atoms with Crippen molar-refractivity contribution in [3.63, 3.8) is 0 Å². The van der Waals surface area contributed by atoms with Gasteiger partial charge >= 0.3 is 0 Å². The molecular weight excluding hydrogens is 276 g/mol. The first-order valence-electron chi connectivity index (χ1n) is 6.87. The normalized spacial score (nSPS) is 14.9. The highest BCUT2D eigenvalue weighted by molar-refractivity contribution is 6.36. The van der Waals surface area contributed by atoms with Crippen molar-refractivity contribution in [1.82, 2.24) is 9.88 Å². The Labute approximate surface area is 122 Å². The number of nitrogens with zero attached hydrogens (tertiary/aromatic N) is 1. The first-order valence-corrected chi connectivity index (χ1v) is 7.25. The molecule has 0 saturated heterocycles. The van der Waals surface area contributed by atoms with E-state index < -0.39 is 0 Å². The molecule has 20 heavy (non-hydrogen) atoms. The maximum Gasteiger partial charge on any atom is 0.268 e. The van der Waals surface area contributed by atoms with Gasteiger partial charge in [0.15, 0.2) is 0 Å². The summed E-state index contributed by atoms with van der Waals surface area (Å²) in [6, 6.07) is 5.68. The Morgan fingerprint density at radius 2 is 2.35 bits per heavy atom. The molecule has 0 bridgehead atoms. The highest BCUT2D eigenvalue weighted by atomic mass is 35.5. The van der Waals surface area contributed by atoms with Gasteiger partial charge in [-0.1, -0.05) is 18.5 Å². The molecule has 4 nitrogen and oxygen atoms in total. The fourth-order valence-corrected chi connectivity index (χ4v) is 2.70. The van der Waals surface area contributed by atoms with Crippen LogP contribution < -0.4 is 10.1 Å². The Hall–Kier alpha value is -1.68. The number of nitrogens with one attached hydrogen (secondary N) is 1. The Bertz CT molecular complexity index is 678. The van der Waals surface area contributed by atoms with Gasteiger partial charge in [-0.3, -0.25) is 4.79 Å². The van der Waals surface area contributed by atoms with Crippen LogP contribution >= 0.6 is 11.6 Å². The highest BCUT2D eigenvalue weighted by Crippen LogP contribution is 2.36. The first-order chi connectivity index (χ1) is 9.61. The number of amides is 1. The third-order valence-corrected chi connectivity index (χ3v) is 4.09. The van der Waals surface area contributed by atoms with Crippen molar-refractivity contribution in [3.05, 3.63) is 28.9 Å². The van der Waals surface area contributed by atoms with E-state index in [4.69, 9.17) is 16.3 Å². The molecule has 1 amide bonds. The average molecular weight is 293 g/mol. The third-order valence-electron chi connectivity index (χ3n) is 3.76. The Balaban J connectivity index is 2.11. The molecular formula is C15H17ClN2O2. The zero-order valence-corrected chi connectivity index (χ0v) is 12.3. The van der Waals surface area contributed by atoms with E-state index in [1.807, 2.05) is 36.6 Å². The summed E-state index contributed by atoms with van der Waals surface area (Å²) in [6.07, 6.45) is 0.904. The maximum atomic E-state index is 12.4. The van der Waals surface area contributed by atoms with Crippen LogP contribution in [0.4, 0.5) is 0 Å². The van der Waals surface area contributed by atoms with Gasteiger partial charge in [-0.15, -0.1) is 0 Å². The molecule has 0 aliphatic carbocycles. The van der Waals surface area contributed by atoms with Crippen molar-refractivity contribution in [2.75, 3.05) is 6.61 Å². The van der Waals surface area contributed by atoms with Gasteiger partial charge in [0.2, 0.25) is 0 Å². The van der Waals surface area contributed by atoms with E-state index >= 15 is 0 Å². The second kappa shape index (κ2) is 5.02. The van der Waals surface area contributed by atoms with E-state index in [0.717, 1.165) is 23.1 Å². The van der Waals surface area contributed by atoms with Gasteiger partial charge in [0.05, 0.1) is 17.1 Å². The van der Waals surface area contributed by atoms with Gasteiger partial charge in [-0.05, 0) is 31.5 Å². The van der Waals surface area contributed by atoms with Crippen LogP contribution in [0.2, 0.25) is 5.02 Å². The van der Waals surface area contributed by atoms with Gasteiger partial charge in [0, 0.05) is 11.4 Å². The van der Waals surface area contributed by atoms with E-state index in [1.165, 1.54) is 0 Å². The molecule has 0 spiro atoms. The van der Waals surface area contributed by atoms with Crippen LogP contribution in [0, 0.1) is 0 Å². The number of ether oxygens (including phenoxy) is 1. The van der Waals surface area contributed by atoms with E-state index in [1.54, 1.807) is 0 Å². The lowest BCUT2D eigenvalue weighted by Crippen LogP contribution is -2.34. The van der Waals surface area contributed by atoms with Gasteiger partial charge < -0.3 is 14.6 Å². The fourth-order valence-electron chi connectivity index (χ4n) is 2.50. The largest absolute Gasteiger partial charge is 0.490 e. The summed E-state index contributed by atoms with van der Waals surface area (Å²) in [6.45, 7) is 5.28. The smallest absolute Gasteiger partial charge is 0.268 e. The van der Waals surface area contributed by atoms with Crippen molar-refractivity contribution < 1.29 is 9.53 Å². The Morgan fingerprint density at radius 1 is 1.55 bits per heavy atom. The van der Waals surface area contributed by atoms with Crippen molar-refractivity contribution >= 4 is 28.4 Å². The summed E-state index contributed by atoms with van der Waals surface area (Å²) in [4.78, 5) is 12.4. The third kappa shape index (κ3) is 2.04. The van der Waals surface area contributed by atoms with Gasteiger partial charge in [0.1, 0.15) is 18.1 Å². The summed E-state index contributed by atoms with van der Waals surface area (Å²) in [7, 11) is 0. The van der Waals surface area contributed by atoms with E-state index in [2.05, 4.69) is 5.32 Å². The zero-order valence-electron chi connectivity index (χ0n) is 11.6. The number of carbonyl (C=O) groups excluding carboxylic acids is 1. The molecule has 1 aliphatic rings. The molecule has 1 atom stereocenters. The lowest BCUT2D eigenvalue weighted by Gasteiger charge is -2.19. The van der Waals surface area contributed by atoms with Crippen LogP contribution in [0.5, 0.6) is 5.75 Å². The minimum absolute atomic E-state index is 0.0560. The molecule has 2 aromatic rings. The molecule has 1 aliphatic heterocycles. The van der Waals surface area contributed by atoms with Crippen molar-refractivity contribution in [2.45, 2.75) is 32.9 Å². The topological polar surface area (TPSA) is 43.3 Å². The number of rotatable bonds is 3. The number of aromatic nitrogens is 1. The fraction of sp³-hybridized carbons (Fsp3) is 0.400. The Morgan fingerprint density at radius 3 is 3.10 bits per heavy atom. The van der Waals surface area contributed by atoms with Crippen LogP contribution in [0.25, 0.3) is 10.9 Å². The second-order valence-corrected chi connectivity index (χ2v) is 5.53. The lowest BCUT2D eigenvalue weighted by atomic mass is 10.2. The minimum atomic E-state index is -0.0560. The van der Waals surface area contributed by atoms with Gasteiger partial charge in [-0.2, -0.15) is 0 Å². The first kappa shape index (κ1) is 13.3. The molecule has 5 heteroatoms. The molecule has 2 heterocycles. The molecule has 1 aromatic heterocycles. The van der Waals surface area contributed by atoms with Crippen LogP contribution in [-0.2, 0) is 6.54 Å². The summed E-state index contributed by atoms with van der Waals surface area (Å²) >= 11 is 6.23. The molecule has 0 saturated carbocycles. The summed E-state index contributed by atoms with van der Waals surface area (Å²) in [5.74, 6) is 0.734. The van der Waals surface area contributed by atoms with E-state index in [9.17, 15) is 4.79 Å².